The fraction of sp³-hybridized carbons (Fsp3) is 0.250. The second-order valence-electron chi connectivity index (χ2n) is 8.51. The number of nitrogens with two attached hydrogens (primary N) is 1. The summed E-state index contributed by atoms with van der Waals surface area (Å²) in [4.78, 5) is 38.1. The maximum Gasteiger partial charge on any atom is 0.334 e. The van der Waals surface area contributed by atoms with E-state index in [-0.39, 0.29) is 6.61 Å². The van der Waals surface area contributed by atoms with Crippen LogP contribution in [-0.2, 0) is 37.1 Å². The van der Waals surface area contributed by atoms with Crippen molar-refractivity contribution >= 4 is 29.6 Å². The highest BCUT2D eigenvalue weighted by Crippen LogP contribution is 2.44. The first kappa shape index (κ1) is 26.2. The van der Waals surface area contributed by atoms with E-state index < -0.39 is 35.0 Å². The van der Waals surface area contributed by atoms with Crippen LogP contribution in [0.2, 0.25) is 0 Å². The van der Waals surface area contributed by atoms with E-state index in [9.17, 15) is 14.4 Å². The first-order chi connectivity index (χ1) is 17.8. The van der Waals surface area contributed by atoms with Crippen LogP contribution in [-0.4, -0.2) is 40.1 Å². The number of carbonyl (C=O) groups excluding carboxylic acids is 3. The summed E-state index contributed by atoms with van der Waals surface area (Å²) >= 11 is 1.05. The standard InChI is InChI=1S/C28H28N2O6S/c1-19(31)36-27-28(29,37-2)26(33)30(27)24(25(32)35-18-21-11-7-4-8-12-21)22-13-15-23(16-14-22)34-17-20-9-5-3-6-10-20/h3-16,24,27H,17-18,29H2,1-2H3/t24?,27-,28-/m0/s1. The van der Waals surface area contributed by atoms with E-state index in [1.54, 1.807) is 30.5 Å². The first-order valence-corrected chi connectivity index (χ1v) is 12.9. The molecule has 1 fully saturated rings. The molecule has 3 atom stereocenters. The minimum absolute atomic E-state index is 0.0189. The van der Waals surface area contributed by atoms with Gasteiger partial charge in [-0.15, -0.1) is 11.8 Å². The fourth-order valence-electron chi connectivity index (χ4n) is 4.00. The molecule has 1 saturated heterocycles. The highest BCUT2D eigenvalue weighted by Gasteiger charge is 2.64. The zero-order valence-corrected chi connectivity index (χ0v) is 21.4. The Kier molecular flexibility index (Phi) is 8.15. The molecule has 37 heavy (non-hydrogen) atoms. The van der Waals surface area contributed by atoms with Gasteiger partial charge in [0.2, 0.25) is 6.23 Å². The number of nitrogens with zero attached hydrogens (tertiary/aromatic N) is 1. The van der Waals surface area contributed by atoms with E-state index in [1.165, 1.54) is 11.8 Å². The van der Waals surface area contributed by atoms with Crippen LogP contribution in [0.5, 0.6) is 5.75 Å². The average Bonchev–Trinajstić information content (AvgIpc) is 2.93. The molecule has 0 spiro atoms. The summed E-state index contributed by atoms with van der Waals surface area (Å²) in [6.45, 7) is 1.62. The predicted molar refractivity (Wildman–Crippen MR) is 139 cm³/mol. The van der Waals surface area contributed by atoms with Gasteiger partial charge in [0.05, 0.1) is 0 Å². The molecule has 3 aromatic carbocycles. The maximum atomic E-state index is 13.4. The van der Waals surface area contributed by atoms with Crippen LogP contribution >= 0.6 is 11.8 Å². The van der Waals surface area contributed by atoms with Gasteiger partial charge in [-0.3, -0.25) is 14.5 Å². The SMILES string of the molecule is CS[C@@]1(N)C(=O)N(C(C(=O)OCc2ccccc2)c2ccc(OCc3ccccc3)cc2)[C@H]1OC(C)=O. The largest absolute Gasteiger partial charge is 0.489 e. The summed E-state index contributed by atoms with van der Waals surface area (Å²) in [6, 6.07) is 24.5. The van der Waals surface area contributed by atoms with Crippen molar-refractivity contribution in [3.63, 3.8) is 0 Å². The summed E-state index contributed by atoms with van der Waals surface area (Å²) in [7, 11) is 0. The lowest BCUT2D eigenvalue weighted by atomic mass is 9.96. The summed E-state index contributed by atoms with van der Waals surface area (Å²) in [6.07, 6.45) is 0.503. The third kappa shape index (κ3) is 5.79. The fourth-order valence-corrected chi connectivity index (χ4v) is 4.65. The number of β-lactam (4-membered cyclic amide) rings is 1. The van der Waals surface area contributed by atoms with Crippen molar-refractivity contribution in [2.75, 3.05) is 6.26 Å². The first-order valence-electron chi connectivity index (χ1n) is 11.6. The van der Waals surface area contributed by atoms with Gasteiger partial charge in [0, 0.05) is 6.92 Å². The van der Waals surface area contributed by atoms with Crippen molar-refractivity contribution in [1.82, 2.24) is 4.90 Å². The number of benzene rings is 3. The van der Waals surface area contributed by atoms with E-state index in [0.717, 1.165) is 22.9 Å². The molecule has 8 nitrogen and oxygen atoms in total. The molecule has 1 unspecified atom stereocenters. The van der Waals surface area contributed by atoms with Crippen molar-refractivity contribution in [1.29, 1.82) is 0 Å². The molecular formula is C28H28N2O6S. The van der Waals surface area contributed by atoms with Gasteiger partial charge in [-0.1, -0.05) is 72.8 Å². The van der Waals surface area contributed by atoms with Crippen LogP contribution in [0.15, 0.2) is 84.9 Å². The molecule has 0 radical (unpaired) electrons. The van der Waals surface area contributed by atoms with Gasteiger partial charge in [-0.25, -0.2) is 4.79 Å². The minimum atomic E-state index is -1.50. The molecule has 1 heterocycles. The number of ether oxygens (including phenoxy) is 3. The van der Waals surface area contributed by atoms with Crippen molar-refractivity contribution in [3.05, 3.63) is 102 Å². The van der Waals surface area contributed by atoms with Gasteiger partial charge < -0.3 is 19.9 Å². The van der Waals surface area contributed by atoms with Crippen molar-refractivity contribution in [3.8, 4) is 5.75 Å². The average molecular weight is 521 g/mol. The monoisotopic (exact) mass is 520 g/mol. The van der Waals surface area contributed by atoms with Gasteiger partial charge in [0.1, 0.15) is 19.0 Å². The molecule has 0 aliphatic carbocycles. The zero-order valence-electron chi connectivity index (χ0n) is 20.5. The van der Waals surface area contributed by atoms with E-state index in [4.69, 9.17) is 19.9 Å². The summed E-state index contributed by atoms with van der Waals surface area (Å²) in [5.41, 5.74) is 8.53. The molecular weight excluding hydrogens is 492 g/mol. The zero-order chi connectivity index (χ0) is 26.4. The van der Waals surface area contributed by atoms with E-state index in [2.05, 4.69) is 0 Å². The molecule has 1 aliphatic rings. The number of hydrogen-bond acceptors (Lipinski definition) is 8. The Balaban J connectivity index is 1.58. The Labute approximate surface area is 219 Å². The minimum Gasteiger partial charge on any atom is -0.489 e. The van der Waals surface area contributed by atoms with Crippen LogP contribution in [0.3, 0.4) is 0 Å². The Morgan fingerprint density at radius 1 is 0.946 bits per heavy atom. The third-order valence-electron chi connectivity index (χ3n) is 5.97. The molecule has 9 heteroatoms. The molecule has 4 rings (SSSR count). The quantitative estimate of drug-likeness (QED) is 0.244. The van der Waals surface area contributed by atoms with Crippen LogP contribution in [0.25, 0.3) is 0 Å². The lowest BCUT2D eigenvalue weighted by molar-refractivity contribution is -0.203. The number of likely N-dealkylation sites (tertiary alicyclic amines) is 1. The van der Waals surface area contributed by atoms with E-state index in [1.807, 2.05) is 60.7 Å². The topological polar surface area (TPSA) is 108 Å². The van der Waals surface area contributed by atoms with Crippen LogP contribution < -0.4 is 10.5 Å². The predicted octanol–water partition coefficient (Wildman–Crippen LogP) is 3.80. The second-order valence-corrected chi connectivity index (χ2v) is 9.59. The van der Waals surface area contributed by atoms with Crippen molar-refractivity contribution < 1.29 is 28.6 Å². The van der Waals surface area contributed by atoms with Gasteiger partial charge >= 0.3 is 11.9 Å². The number of esters is 2. The van der Waals surface area contributed by atoms with Gasteiger partial charge in [0.15, 0.2) is 10.9 Å². The number of amides is 1. The Hall–Kier alpha value is -3.82. The number of hydrogen-bond donors (Lipinski definition) is 1. The molecule has 2 N–H and O–H groups in total. The molecule has 192 valence electrons. The molecule has 0 bridgehead atoms. The molecule has 0 saturated carbocycles. The van der Waals surface area contributed by atoms with Crippen molar-refractivity contribution in [2.45, 2.75) is 37.3 Å². The van der Waals surface area contributed by atoms with Crippen LogP contribution in [0.4, 0.5) is 0 Å². The third-order valence-corrected chi connectivity index (χ3v) is 7.02. The Morgan fingerprint density at radius 3 is 2.05 bits per heavy atom. The van der Waals surface area contributed by atoms with Crippen LogP contribution in [0, 0.1) is 0 Å². The Bertz CT molecular complexity index is 1240. The lowest BCUT2D eigenvalue weighted by Crippen LogP contribution is -2.78. The number of rotatable bonds is 10. The van der Waals surface area contributed by atoms with E-state index >= 15 is 0 Å². The smallest absolute Gasteiger partial charge is 0.334 e. The Morgan fingerprint density at radius 2 is 1.51 bits per heavy atom. The van der Waals surface area contributed by atoms with Gasteiger partial charge in [0.25, 0.3) is 5.91 Å². The maximum absolute atomic E-state index is 13.4. The highest BCUT2D eigenvalue weighted by atomic mass is 32.2. The van der Waals surface area contributed by atoms with Crippen LogP contribution in [0.1, 0.15) is 29.7 Å². The molecule has 3 aromatic rings. The molecule has 1 aliphatic heterocycles. The van der Waals surface area contributed by atoms with Gasteiger partial charge in [-0.05, 0) is 35.1 Å². The molecule has 0 aromatic heterocycles. The molecule has 1 amide bonds. The summed E-state index contributed by atoms with van der Waals surface area (Å²) < 4.78 is 16.8. The summed E-state index contributed by atoms with van der Waals surface area (Å²) in [5.74, 6) is -1.23. The lowest BCUT2D eigenvalue weighted by Gasteiger charge is -2.53. The van der Waals surface area contributed by atoms with E-state index in [0.29, 0.717) is 17.9 Å². The second kappa shape index (κ2) is 11.5. The van der Waals surface area contributed by atoms with Crippen molar-refractivity contribution in [2.24, 2.45) is 5.73 Å². The number of thioether (sulfide) groups is 1. The summed E-state index contributed by atoms with van der Waals surface area (Å²) in [5, 5.41) is 0. The highest BCUT2D eigenvalue weighted by molar-refractivity contribution is 8.00. The van der Waals surface area contributed by atoms with Gasteiger partial charge in [-0.2, -0.15) is 0 Å². The normalized spacial score (nSPS) is 19.5. The number of carbonyl (C=O) groups is 3.